The molecule has 2 heterocycles. The standard InChI is InChI=1S/C13H19NO5S2/c1-8-7-20-11(13(15)18-3)12(8)21(16,17)14-9(2)10-4-5-19-6-10/h7,9-10,14H,4-6H2,1-3H3. The van der Waals surface area contributed by atoms with Crippen LogP contribution in [0.25, 0.3) is 0 Å². The van der Waals surface area contributed by atoms with Gasteiger partial charge in [0.2, 0.25) is 10.0 Å². The van der Waals surface area contributed by atoms with Gasteiger partial charge >= 0.3 is 5.97 Å². The minimum Gasteiger partial charge on any atom is -0.465 e. The van der Waals surface area contributed by atoms with Crippen LogP contribution in [-0.4, -0.2) is 40.8 Å². The smallest absolute Gasteiger partial charge is 0.349 e. The van der Waals surface area contributed by atoms with E-state index in [-0.39, 0.29) is 21.7 Å². The largest absolute Gasteiger partial charge is 0.465 e. The fourth-order valence-corrected chi connectivity index (χ4v) is 5.37. The van der Waals surface area contributed by atoms with Gasteiger partial charge in [0, 0.05) is 18.6 Å². The quantitative estimate of drug-likeness (QED) is 0.827. The maximum absolute atomic E-state index is 12.6. The highest BCUT2D eigenvalue weighted by atomic mass is 32.2. The Morgan fingerprint density at radius 1 is 1.57 bits per heavy atom. The molecule has 8 heteroatoms. The molecule has 1 fully saturated rings. The molecule has 0 radical (unpaired) electrons. The molecule has 0 saturated carbocycles. The molecule has 1 aromatic rings. The molecule has 0 aromatic carbocycles. The maximum atomic E-state index is 12.6. The summed E-state index contributed by atoms with van der Waals surface area (Å²) in [5.74, 6) is -0.481. The van der Waals surface area contributed by atoms with Crippen LogP contribution in [0.15, 0.2) is 10.3 Å². The molecule has 21 heavy (non-hydrogen) atoms. The molecule has 0 bridgehead atoms. The van der Waals surface area contributed by atoms with Gasteiger partial charge in [0.15, 0.2) is 0 Å². The molecular formula is C13H19NO5S2. The molecule has 2 rings (SSSR count). The van der Waals surface area contributed by atoms with E-state index in [4.69, 9.17) is 4.74 Å². The van der Waals surface area contributed by atoms with Gasteiger partial charge in [-0.15, -0.1) is 11.3 Å². The van der Waals surface area contributed by atoms with Crippen LogP contribution in [0.4, 0.5) is 0 Å². The molecule has 1 aliphatic rings. The zero-order chi connectivity index (χ0) is 15.6. The fourth-order valence-electron chi connectivity index (χ4n) is 2.35. The summed E-state index contributed by atoms with van der Waals surface area (Å²) >= 11 is 1.08. The van der Waals surface area contributed by atoms with Crippen molar-refractivity contribution < 1.29 is 22.7 Å². The molecule has 0 amide bonds. The minimum atomic E-state index is -3.77. The number of hydrogen-bond acceptors (Lipinski definition) is 6. The second-order valence-corrected chi connectivity index (χ2v) is 7.63. The highest BCUT2D eigenvalue weighted by Crippen LogP contribution is 2.28. The Morgan fingerprint density at radius 3 is 2.86 bits per heavy atom. The minimum absolute atomic E-state index is 0.0186. The number of hydrogen-bond donors (Lipinski definition) is 1. The van der Waals surface area contributed by atoms with Crippen LogP contribution in [0, 0.1) is 12.8 Å². The Hall–Kier alpha value is -0.960. The van der Waals surface area contributed by atoms with Crippen molar-refractivity contribution in [3.63, 3.8) is 0 Å². The van der Waals surface area contributed by atoms with E-state index in [1.54, 1.807) is 12.3 Å². The lowest BCUT2D eigenvalue weighted by Gasteiger charge is -2.19. The van der Waals surface area contributed by atoms with Crippen molar-refractivity contribution in [3.05, 3.63) is 15.8 Å². The summed E-state index contributed by atoms with van der Waals surface area (Å²) in [5.41, 5.74) is 0.544. The summed E-state index contributed by atoms with van der Waals surface area (Å²) in [6, 6.07) is -0.248. The fraction of sp³-hybridized carbons (Fsp3) is 0.615. The Morgan fingerprint density at radius 2 is 2.29 bits per heavy atom. The summed E-state index contributed by atoms with van der Waals surface area (Å²) in [6.45, 7) is 4.69. The van der Waals surface area contributed by atoms with Crippen LogP contribution < -0.4 is 4.72 Å². The van der Waals surface area contributed by atoms with E-state index in [0.717, 1.165) is 17.8 Å². The van der Waals surface area contributed by atoms with E-state index in [0.29, 0.717) is 18.8 Å². The maximum Gasteiger partial charge on any atom is 0.349 e. The monoisotopic (exact) mass is 333 g/mol. The Labute approximate surface area is 128 Å². The van der Waals surface area contributed by atoms with Gasteiger partial charge in [-0.1, -0.05) is 0 Å². The van der Waals surface area contributed by atoms with Gasteiger partial charge in [-0.2, -0.15) is 0 Å². The molecule has 1 saturated heterocycles. The molecule has 6 nitrogen and oxygen atoms in total. The Kier molecular flexibility index (Phi) is 5.03. The van der Waals surface area contributed by atoms with Gasteiger partial charge in [0.25, 0.3) is 0 Å². The van der Waals surface area contributed by atoms with Gasteiger partial charge in [-0.05, 0) is 31.2 Å². The number of rotatable bonds is 5. The molecule has 0 aliphatic carbocycles. The zero-order valence-corrected chi connectivity index (χ0v) is 13.8. The average molecular weight is 333 g/mol. The van der Waals surface area contributed by atoms with Crippen LogP contribution in [0.2, 0.25) is 0 Å². The number of carbonyl (C=O) groups is 1. The third-order valence-electron chi connectivity index (χ3n) is 3.57. The van der Waals surface area contributed by atoms with Crippen LogP contribution in [0.5, 0.6) is 0 Å². The molecule has 0 spiro atoms. The number of esters is 1. The van der Waals surface area contributed by atoms with Gasteiger partial charge in [-0.3, -0.25) is 0 Å². The van der Waals surface area contributed by atoms with Crippen LogP contribution in [0.1, 0.15) is 28.6 Å². The van der Waals surface area contributed by atoms with Crippen molar-refractivity contribution in [1.82, 2.24) is 4.72 Å². The van der Waals surface area contributed by atoms with Crippen molar-refractivity contribution in [3.8, 4) is 0 Å². The second-order valence-electron chi connectivity index (χ2n) is 5.10. The lowest BCUT2D eigenvalue weighted by Crippen LogP contribution is -2.38. The van der Waals surface area contributed by atoms with E-state index in [9.17, 15) is 13.2 Å². The van der Waals surface area contributed by atoms with Crippen molar-refractivity contribution in [1.29, 1.82) is 0 Å². The highest BCUT2D eigenvalue weighted by molar-refractivity contribution is 7.89. The highest BCUT2D eigenvalue weighted by Gasteiger charge is 2.31. The lowest BCUT2D eigenvalue weighted by atomic mass is 10.0. The summed E-state index contributed by atoms with van der Waals surface area (Å²) in [6.07, 6.45) is 0.830. The van der Waals surface area contributed by atoms with Gasteiger partial charge < -0.3 is 9.47 Å². The number of aryl methyl sites for hydroxylation is 1. The number of ether oxygens (including phenoxy) is 2. The van der Waals surface area contributed by atoms with Crippen LogP contribution in [-0.2, 0) is 19.5 Å². The third kappa shape index (κ3) is 3.45. The van der Waals surface area contributed by atoms with E-state index >= 15 is 0 Å². The van der Waals surface area contributed by atoms with Gasteiger partial charge in [0.05, 0.1) is 13.7 Å². The molecule has 1 aliphatic heterocycles. The van der Waals surface area contributed by atoms with Crippen LogP contribution in [0.3, 0.4) is 0 Å². The van der Waals surface area contributed by atoms with Gasteiger partial charge in [0.1, 0.15) is 9.77 Å². The van der Waals surface area contributed by atoms with Gasteiger partial charge in [-0.25, -0.2) is 17.9 Å². The van der Waals surface area contributed by atoms with Crippen molar-refractivity contribution in [2.24, 2.45) is 5.92 Å². The molecule has 118 valence electrons. The van der Waals surface area contributed by atoms with E-state index in [2.05, 4.69) is 9.46 Å². The molecular weight excluding hydrogens is 314 g/mol. The SMILES string of the molecule is COC(=O)c1scc(C)c1S(=O)(=O)NC(C)C1CCOC1. The summed E-state index contributed by atoms with van der Waals surface area (Å²) in [4.78, 5) is 11.8. The van der Waals surface area contributed by atoms with E-state index in [1.807, 2.05) is 6.92 Å². The summed E-state index contributed by atoms with van der Waals surface area (Å²) < 4.78 is 37.7. The van der Waals surface area contributed by atoms with E-state index in [1.165, 1.54) is 7.11 Å². The van der Waals surface area contributed by atoms with Crippen LogP contribution >= 0.6 is 11.3 Å². The zero-order valence-electron chi connectivity index (χ0n) is 12.2. The molecule has 1 N–H and O–H groups in total. The first-order chi connectivity index (χ1) is 9.86. The number of carbonyl (C=O) groups excluding carboxylic acids is 1. The Balaban J connectivity index is 2.27. The topological polar surface area (TPSA) is 81.7 Å². The summed E-state index contributed by atoms with van der Waals surface area (Å²) in [7, 11) is -2.53. The van der Waals surface area contributed by atoms with Crippen molar-refractivity contribution >= 4 is 27.3 Å². The average Bonchev–Trinajstić information content (AvgIpc) is 3.06. The predicted octanol–water partition coefficient (Wildman–Crippen LogP) is 1.55. The number of methoxy groups -OCH3 is 1. The first-order valence-electron chi connectivity index (χ1n) is 6.63. The third-order valence-corrected chi connectivity index (χ3v) is 6.52. The second kappa shape index (κ2) is 6.43. The normalized spacial score (nSPS) is 20.4. The summed E-state index contributed by atoms with van der Waals surface area (Å²) in [5, 5.41) is 1.64. The lowest BCUT2D eigenvalue weighted by molar-refractivity contribution is 0.0602. The number of thiophene rings is 1. The first kappa shape index (κ1) is 16.4. The number of sulfonamides is 1. The first-order valence-corrected chi connectivity index (χ1v) is 8.99. The van der Waals surface area contributed by atoms with Crippen molar-refractivity contribution in [2.75, 3.05) is 20.3 Å². The Bertz CT molecular complexity index is 617. The number of nitrogens with one attached hydrogen (secondary N) is 1. The molecule has 2 atom stereocenters. The molecule has 1 aromatic heterocycles. The van der Waals surface area contributed by atoms with E-state index < -0.39 is 16.0 Å². The molecule has 2 unspecified atom stereocenters. The van der Waals surface area contributed by atoms with Crippen molar-refractivity contribution in [2.45, 2.75) is 31.2 Å². The predicted molar refractivity (Wildman–Crippen MR) is 79.1 cm³/mol.